The lowest BCUT2D eigenvalue weighted by molar-refractivity contribution is -0.123. The summed E-state index contributed by atoms with van der Waals surface area (Å²) in [6, 6.07) is 11.9. The molecule has 2 N–H and O–H groups in total. The number of carbonyl (C=O) groups excluding carboxylic acids is 2. The number of benzene rings is 2. The molecule has 0 saturated carbocycles. The van der Waals surface area contributed by atoms with Gasteiger partial charge < -0.3 is 9.47 Å². The standard InChI is InChI=1S/C23H29ClN2O4/c1-3-4-5-6-7-14-29-20-11-8-18(9-12-20)23(28)26-25-22(27)16-30-21-13-10-19(24)15-17(21)2/h8-13,15H,3-7,14,16H2,1-2H3,(H,25,27)(H,26,28). The summed E-state index contributed by atoms with van der Waals surface area (Å²) in [5, 5.41) is 0.597. The lowest BCUT2D eigenvalue weighted by atomic mass is 10.2. The number of hydrazine groups is 1. The van der Waals surface area contributed by atoms with Gasteiger partial charge in [-0.25, -0.2) is 0 Å². The molecule has 0 radical (unpaired) electrons. The van der Waals surface area contributed by atoms with Crippen molar-refractivity contribution in [2.24, 2.45) is 0 Å². The second-order valence-corrected chi connectivity index (χ2v) is 7.42. The maximum Gasteiger partial charge on any atom is 0.276 e. The smallest absolute Gasteiger partial charge is 0.276 e. The van der Waals surface area contributed by atoms with Crippen LogP contribution in [0.15, 0.2) is 42.5 Å². The van der Waals surface area contributed by atoms with E-state index in [0.717, 1.165) is 24.2 Å². The summed E-state index contributed by atoms with van der Waals surface area (Å²) >= 11 is 5.89. The Hall–Kier alpha value is -2.73. The van der Waals surface area contributed by atoms with Gasteiger partial charge in [-0.15, -0.1) is 0 Å². The number of rotatable bonds is 11. The second kappa shape index (κ2) is 12.8. The van der Waals surface area contributed by atoms with Gasteiger partial charge in [0, 0.05) is 10.6 Å². The number of hydrogen-bond acceptors (Lipinski definition) is 4. The number of halogens is 1. The molecule has 2 amide bonds. The minimum absolute atomic E-state index is 0.228. The van der Waals surface area contributed by atoms with Crippen LogP contribution in [0.3, 0.4) is 0 Å². The molecule has 30 heavy (non-hydrogen) atoms. The first-order valence-corrected chi connectivity index (χ1v) is 10.6. The summed E-state index contributed by atoms with van der Waals surface area (Å²) in [7, 11) is 0. The van der Waals surface area contributed by atoms with E-state index in [0.29, 0.717) is 22.9 Å². The predicted octanol–water partition coefficient (Wildman–Crippen LogP) is 4.84. The monoisotopic (exact) mass is 432 g/mol. The Bertz CT molecular complexity index is 824. The predicted molar refractivity (Wildman–Crippen MR) is 118 cm³/mol. The average molecular weight is 433 g/mol. The molecule has 0 aliphatic heterocycles. The largest absolute Gasteiger partial charge is 0.494 e. The molecular formula is C23H29ClN2O4. The van der Waals surface area contributed by atoms with Gasteiger partial charge in [0.05, 0.1) is 6.61 Å². The van der Waals surface area contributed by atoms with Crippen LogP contribution in [0.2, 0.25) is 5.02 Å². The van der Waals surface area contributed by atoms with Gasteiger partial charge in [0.2, 0.25) is 0 Å². The summed E-state index contributed by atoms with van der Waals surface area (Å²) in [6.45, 7) is 4.46. The highest BCUT2D eigenvalue weighted by atomic mass is 35.5. The summed E-state index contributed by atoms with van der Waals surface area (Å²) in [5.41, 5.74) is 5.94. The van der Waals surface area contributed by atoms with Gasteiger partial charge in [0.1, 0.15) is 11.5 Å². The van der Waals surface area contributed by atoms with Crippen molar-refractivity contribution < 1.29 is 19.1 Å². The molecule has 7 heteroatoms. The first-order chi connectivity index (χ1) is 14.5. The van der Waals surface area contributed by atoms with Crippen LogP contribution in [0.25, 0.3) is 0 Å². The number of amides is 2. The van der Waals surface area contributed by atoms with Crippen LogP contribution >= 0.6 is 11.6 Å². The van der Waals surface area contributed by atoms with E-state index in [4.69, 9.17) is 21.1 Å². The lowest BCUT2D eigenvalue weighted by Gasteiger charge is -2.11. The van der Waals surface area contributed by atoms with Crippen molar-refractivity contribution in [3.8, 4) is 11.5 Å². The van der Waals surface area contributed by atoms with Crippen molar-refractivity contribution in [1.82, 2.24) is 10.9 Å². The Morgan fingerprint density at radius 3 is 2.37 bits per heavy atom. The molecule has 2 rings (SSSR count). The van der Waals surface area contributed by atoms with Crippen molar-refractivity contribution in [1.29, 1.82) is 0 Å². The van der Waals surface area contributed by atoms with Crippen molar-refractivity contribution >= 4 is 23.4 Å². The number of carbonyl (C=O) groups is 2. The molecule has 0 aliphatic carbocycles. The molecule has 0 aliphatic rings. The Balaban J connectivity index is 1.69. The minimum Gasteiger partial charge on any atom is -0.494 e. The van der Waals surface area contributed by atoms with Crippen LogP contribution < -0.4 is 20.3 Å². The van der Waals surface area contributed by atoms with Crippen LogP contribution in [-0.4, -0.2) is 25.0 Å². The molecule has 0 saturated heterocycles. The normalized spacial score (nSPS) is 10.4. The van der Waals surface area contributed by atoms with Gasteiger partial charge in [-0.1, -0.05) is 44.2 Å². The van der Waals surface area contributed by atoms with Gasteiger partial charge in [0.25, 0.3) is 11.8 Å². The third-order valence-electron chi connectivity index (χ3n) is 4.44. The van der Waals surface area contributed by atoms with Gasteiger partial charge in [-0.3, -0.25) is 20.4 Å². The number of ether oxygens (including phenoxy) is 2. The first kappa shape index (κ1) is 23.5. The van der Waals surface area contributed by atoms with E-state index in [1.54, 1.807) is 42.5 Å². The molecule has 0 bridgehead atoms. The Morgan fingerprint density at radius 1 is 0.933 bits per heavy atom. The van der Waals surface area contributed by atoms with E-state index < -0.39 is 11.8 Å². The summed E-state index contributed by atoms with van der Waals surface area (Å²) in [5.74, 6) is 0.387. The van der Waals surface area contributed by atoms with E-state index in [2.05, 4.69) is 17.8 Å². The van der Waals surface area contributed by atoms with Crippen LogP contribution in [0, 0.1) is 6.92 Å². The molecule has 2 aromatic rings. The minimum atomic E-state index is -0.472. The fourth-order valence-electron chi connectivity index (χ4n) is 2.75. The van der Waals surface area contributed by atoms with Gasteiger partial charge in [-0.05, 0) is 61.4 Å². The van der Waals surface area contributed by atoms with E-state index in [-0.39, 0.29) is 6.61 Å². The summed E-state index contributed by atoms with van der Waals surface area (Å²) < 4.78 is 11.1. The zero-order valence-electron chi connectivity index (χ0n) is 17.5. The Labute approximate surface area is 182 Å². The summed E-state index contributed by atoms with van der Waals surface area (Å²) in [4.78, 5) is 24.1. The van der Waals surface area contributed by atoms with Crippen LogP contribution in [0.5, 0.6) is 11.5 Å². The highest BCUT2D eigenvalue weighted by Gasteiger charge is 2.09. The van der Waals surface area contributed by atoms with Crippen molar-refractivity contribution in [3.05, 3.63) is 58.6 Å². The van der Waals surface area contributed by atoms with Gasteiger partial charge in [0.15, 0.2) is 6.61 Å². The molecular weight excluding hydrogens is 404 g/mol. The number of hydrogen-bond donors (Lipinski definition) is 2. The van der Waals surface area contributed by atoms with Crippen molar-refractivity contribution in [2.75, 3.05) is 13.2 Å². The molecule has 0 heterocycles. The molecule has 162 valence electrons. The Morgan fingerprint density at radius 2 is 1.67 bits per heavy atom. The van der Waals surface area contributed by atoms with E-state index in [9.17, 15) is 9.59 Å². The molecule has 2 aromatic carbocycles. The SMILES string of the molecule is CCCCCCCOc1ccc(C(=O)NNC(=O)COc2ccc(Cl)cc2C)cc1. The van der Waals surface area contributed by atoms with E-state index >= 15 is 0 Å². The molecule has 0 unspecified atom stereocenters. The zero-order valence-corrected chi connectivity index (χ0v) is 18.3. The van der Waals surface area contributed by atoms with Gasteiger partial charge in [-0.2, -0.15) is 0 Å². The van der Waals surface area contributed by atoms with Gasteiger partial charge >= 0.3 is 0 Å². The van der Waals surface area contributed by atoms with Crippen LogP contribution in [-0.2, 0) is 4.79 Å². The van der Waals surface area contributed by atoms with E-state index in [1.807, 2.05) is 6.92 Å². The second-order valence-electron chi connectivity index (χ2n) is 6.99. The first-order valence-electron chi connectivity index (χ1n) is 10.2. The van der Waals surface area contributed by atoms with Crippen molar-refractivity contribution in [2.45, 2.75) is 46.0 Å². The third-order valence-corrected chi connectivity index (χ3v) is 4.68. The fourth-order valence-corrected chi connectivity index (χ4v) is 2.98. The zero-order chi connectivity index (χ0) is 21.8. The van der Waals surface area contributed by atoms with Crippen LogP contribution in [0.4, 0.5) is 0 Å². The molecule has 6 nitrogen and oxygen atoms in total. The fraction of sp³-hybridized carbons (Fsp3) is 0.391. The topological polar surface area (TPSA) is 76.7 Å². The van der Waals surface area contributed by atoms with E-state index in [1.165, 1.54) is 19.3 Å². The molecule has 0 fully saturated rings. The maximum atomic E-state index is 12.2. The lowest BCUT2D eigenvalue weighted by Crippen LogP contribution is -2.43. The van der Waals surface area contributed by atoms with Crippen molar-refractivity contribution in [3.63, 3.8) is 0 Å². The number of unbranched alkanes of at least 4 members (excludes halogenated alkanes) is 4. The number of nitrogens with one attached hydrogen (secondary N) is 2. The highest BCUT2D eigenvalue weighted by molar-refractivity contribution is 6.30. The summed E-state index contributed by atoms with van der Waals surface area (Å²) in [6.07, 6.45) is 5.89. The molecule has 0 atom stereocenters. The maximum absolute atomic E-state index is 12.2. The average Bonchev–Trinajstić information content (AvgIpc) is 2.74. The molecule has 0 spiro atoms. The Kier molecular flexibility index (Phi) is 10.0. The highest BCUT2D eigenvalue weighted by Crippen LogP contribution is 2.21. The van der Waals surface area contributed by atoms with Crippen LogP contribution in [0.1, 0.15) is 54.9 Å². The number of aryl methyl sites for hydroxylation is 1. The molecule has 0 aromatic heterocycles. The quantitative estimate of drug-likeness (QED) is 0.393. The third kappa shape index (κ3) is 8.33.